The van der Waals surface area contributed by atoms with E-state index >= 15 is 0 Å². The monoisotopic (exact) mass is 473 g/mol. The third kappa shape index (κ3) is 4.48. The lowest BCUT2D eigenvalue weighted by molar-refractivity contribution is 0.103. The number of carbonyl (C=O) groups excluding carboxylic acids is 1. The summed E-state index contributed by atoms with van der Waals surface area (Å²) in [5.74, 6) is -4.41. The summed E-state index contributed by atoms with van der Waals surface area (Å²) in [6.07, 6.45) is 1.38. The molecular weight excluding hydrogens is 459 g/mol. The second kappa shape index (κ2) is 8.51. The summed E-state index contributed by atoms with van der Waals surface area (Å²) >= 11 is 0. The molecule has 3 aromatic carbocycles. The maximum Gasteiger partial charge on any atom is 0.261 e. The number of anilines is 1. The number of nitrogens with zero attached hydrogens (tertiary/aromatic N) is 2. The van der Waals surface area contributed by atoms with Crippen molar-refractivity contribution < 1.29 is 31.1 Å². The first-order valence-corrected chi connectivity index (χ1v) is 10.8. The SMILES string of the molecule is COc1cnc2ccc(C(=O)c3cc(NS(=O)(=O)c4cccc(F)c4)cc(F)c3F)cc2n1. The summed E-state index contributed by atoms with van der Waals surface area (Å²) in [4.78, 5) is 20.8. The van der Waals surface area contributed by atoms with Gasteiger partial charge in [-0.2, -0.15) is 0 Å². The van der Waals surface area contributed by atoms with Crippen LogP contribution in [0.5, 0.6) is 5.88 Å². The van der Waals surface area contributed by atoms with Crippen LogP contribution in [0.15, 0.2) is 65.7 Å². The third-order valence-electron chi connectivity index (χ3n) is 4.62. The van der Waals surface area contributed by atoms with Crippen molar-refractivity contribution in [1.82, 2.24) is 9.97 Å². The van der Waals surface area contributed by atoms with Gasteiger partial charge >= 0.3 is 0 Å². The molecule has 11 heteroatoms. The lowest BCUT2D eigenvalue weighted by Gasteiger charge is -2.11. The van der Waals surface area contributed by atoms with Crippen molar-refractivity contribution in [2.24, 2.45) is 0 Å². The number of hydrogen-bond donors (Lipinski definition) is 1. The highest BCUT2D eigenvalue weighted by molar-refractivity contribution is 7.92. The zero-order chi connectivity index (χ0) is 23.8. The van der Waals surface area contributed by atoms with Crippen LogP contribution in [0.3, 0.4) is 0 Å². The summed E-state index contributed by atoms with van der Waals surface area (Å²) in [5, 5.41) is 0. The minimum atomic E-state index is -4.33. The van der Waals surface area contributed by atoms with Crippen LogP contribution in [-0.2, 0) is 10.0 Å². The summed E-state index contributed by atoms with van der Waals surface area (Å²) in [5.41, 5.74) is -0.431. The standard InChI is InChI=1S/C22H14F3N3O4S/c1-32-20-11-26-18-6-5-12(7-19(18)27-20)22(29)16-9-14(10-17(24)21(16)25)28-33(30,31)15-4-2-3-13(23)8-15/h2-11,28H,1H3. The van der Waals surface area contributed by atoms with Crippen molar-refractivity contribution in [3.05, 3.63) is 89.4 Å². The number of fused-ring (bicyclic) bond motifs is 1. The molecule has 168 valence electrons. The Kier molecular flexibility index (Phi) is 5.73. The molecule has 0 radical (unpaired) electrons. The van der Waals surface area contributed by atoms with E-state index < -0.39 is 49.4 Å². The maximum atomic E-state index is 14.5. The number of sulfonamides is 1. The highest BCUT2D eigenvalue weighted by Gasteiger charge is 2.22. The van der Waals surface area contributed by atoms with Crippen molar-refractivity contribution in [2.45, 2.75) is 4.90 Å². The fourth-order valence-corrected chi connectivity index (χ4v) is 4.12. The smallest absolute Gasteiger partial charge is 0.261 e. The number of methoxy groups -OCH3 is 1. The molecule has 0 saturated heterocycles. The zero-order valence-corrected chi connectivity index (χ0v) is 17.7. The number of carbonyl (C=O) groups is 1. The Morgan fingerprint density at radius 1 is 1.00 bits per heavy atom. The fourth-order valence-electron chi connectivity index (χ4n) is 3.05. The van der Waals surface area contributed by atoms with Crippen LogP contribution in [0, 0.1) is 17.5 Å². The van der Waals surface area contributed by atoms with Gasteiger partial charge in [-0.1, -0.05) is 6.07 Å². The summed E-state index contributed by atoms with van der Waals surface area (Å²) < 4.78 is 74.2. The van der Waals surface area contributed by atoms with Gasteiger partial charge in [0.05, 0.1) is 40.5 Å². The molecule has 4 rings (SSSR count). The summed E-state index contributed by atoms with van der Waals surface area (Å²) in [6, 6.07) is 9.72. The van der Waals surface area contributed by atoms with Gasteiger partial charge < -0.3 is 4.74 Å². The quantitative estimate of drug-likeness (QED) is 0.424. The highest BCUT2D eigenvalue weighted by atomic mass is 32.2. The first-order chi connectivity index (χ1) is 15.7. The average Bonchev–Trinajstić information content (AvgIpc) is 2.79. The zero-order valence-electron chi connectivity index (χ0n) is 16.8. The maximum absolute atomic E-state index is 14.5. The van der Waals surface area contributed by atoms with E-state index in [-0.39, 0.29) is 17.0 Å². The summed E-state index contributed by atoms with van der Waals surface area (Å²) in [7, 11) is -2.94. The Labute approximate surface area is 185 Å². The van der Waals surface area contributed by atoms with E-state index in [9.17, 15) is 26.4 Å². The molecule has 0 aliphatic rings. The Balaban J connectivity index is 1.73. The van der Waals surface area contributed by atoms with Gasteiger partial charge in [0, 0.05) is 11.6 Å². The molecule has 33 heavy (non-hydrogen) atoms. The van der Waals surface area contributed by atoms with Gasteiger partial charge in [0.1, 0.15) is 5.82 Å². The molecule has 0 bridgehead atoms. The predicted molar refractivity (Wildman–Crippen MR) is 113 cm³/mol. The molecule has 1 aromatic heterocycles. The van der Waals surface area contributed by atoms with Crippen molar-refractivity contribution in [3.63, 3.8) is 0 Å². The van der Waals surface area contributed by atoms with Crippen LogP contribution in [-0.4, -0.2) is 31.3 Å². The molecule has 1 heterocycles. The third-order valence-corrected chi connectivity index (χ3v) is 6.00. The minimum absolute atomic E-state index is 0.0338. The van der Waals surface area contributed by atoms with Gasteiger partial charge in [-0.3, -0.25) is 9.52 Å². The molecule has 0 spiro atoms. The number of hydrogen-bond acceptors (Lipinski definition) is 6. The molecular formula is C22H14F3N3O4S. The predicted octanol–water partition coefficient (Wildman–Crippen LogP) is 4.09. The van der Waals surface area contributed by atoms with E-state index in [1.165, 1.54) is 37.6 Å². The molecule has 7 nitrogen and oxygen atoms in total. The Hall–Kier alpha value is -3.99. The van der Waals surface area contributed by atoms with Gasteiger partial charge in [0.15, 0.2) is 17.4 Å². The van der Waals surface area contributed by atoms with Crippen molar-refractivity contribution in [2.75, 3.05) is 11.8 Å². The number of benzene rings is 3. The molecule has 0 fully saturated rings. The Morgan fingerprint density at radius 3 is 2.52 bits per heavy atom. The molecule has 0 amide bonds. The highest BCUT2D eigenvalue weighted by Crippen LogP contribution is 2.25. The molecule has 0 saturated carbocycles. The van der Waals surface area contributed by atoms with Gasteiger partial charge in [-0.25, -0.2) is 31.6 Å². The van der Waals surface area contributed by atoms with Crippen LogP contribution in [0.4, 0.5) is 18.9 Å². The fraction of sp³-hybridized carbons (Fsp3) is 0.0455. The van der Waals surface area contributed by atoms with Gasteiger partial charge in [-0.15, -0.1) is 0 Å². The molecule has 0 aliphatic heterocycles. The van der Waals surface area contributed by atoms with Gasteiger partial charge in [-0.05, 0) is 42.5 Å². The van der Waals surface area contributed by atoms with E-state index in [0.29, 0.717) is 11.6 Å². The Morgan fingerprint density at radius 2 is 1.79 bits per heavy atom. The van der Waals surface area contributed by atoms with Gasteiger partial charge in [0.25, 0.3) is 10.0 Å². The number of ketones is 1. The van der Waals surface area contributed by atoms with Crippen molar-refractivity contribution in [3.8, 4) is 5.88 Å². The van der Waals surface area contributed by atoms with Gasteiger partial charge in [0.2, 0.25) is 5.88 Å². The second-order valence-electron chi connectivity index (χ2n) is 6.83. The van der Waals surface area contributed by atoms with Crippen LogP contribution in [0.25, 0.3) is 11.0 Å². The normalized spacial score (nSPS) is 11.4. The topological polar surface area (TPSA) is 98.2 Å². The van der Waals surface area contributed by atoms with E-state index in [4.69, 9.17) is 4.74 Å². The van der Waals surface area contributed by atoms with E-state index in [1.54, 1.807) is 0 Å². The van der Waals surface area contributed by atoms with E-state index in [0.717, 1.165) is 24.3 Å². The number of aromatic nitrogens is 2. The molecule has 4 aromatic rings. The number of halogens is 3. The van der Waals surface area contributed by atoms with Crippen LogP contribution >= 0.6 is 0 Å². The van der Waals surface area contributed by atoms with E-state index in [2.05, 4.69) is 9.97 Å². The number of rotatable bonds is 6. The number of ether oxygens (including phenoxy) is 1. The van der Waals surface area contributed by atoms with Crippen LogP contribution in [0.2, 0.25) is 0 Å². The Bertz CT molecular complexity index is 1510. The molecule has 0 unspecified atom stereocenters. The first kappa shape index (κ1) is 22.2. The van der Waals surface area contributed by atoms with Crippen LogP contribution < -0.4 is 9.46 Å². The largest absolute Gasteiger partial charge is 0.480 e. The van der Waals surface area contributed by atoms with E-state index in [1.807, 2.05) is 4.72 Å². The second-order valence-corrected chi connectivity index (χ2v) is 8.51. The van der Waals surface area contributed by atoms with Crippen molar-refractivity contribution >= 4 is 32.5 Å². The lowest BCUT2D eigenvalue weighted by Crippen LogP contribution is -2.15. The minimum Gasteiger partial charge on any atom is -0.480 e. The molecule has 0 aliphatic carbocycles. The number of nitrogens with one attached hydrogen (secondary N) is 1. The summed E-state index contributed by atoms with van der Waals surface area (Å²) in [6.45, 7) is 0. The molecule has 0 atom stereocenters. The lowest BCUT2D eigenvalue weighted by atomic mass is 10.0. The average molecular weight is 473 g/mol. The van der Waals surface area contributed by atoms with Crippen LogP contribution in [0.1, 0.15) is 15.9 Å². The molecule has 1 N–H and O–H groups in total. The van der Waals surface area contributed by atoms with Crippen molar-refractivity contribution in [1.29, 1.82) is 0 Å². The first-order valence-electron chi connectivity index (χ1n) is 9.31.